The molecule has 2 N–H and O–H groups in total. The molecule has 0 aliphatic rings. The van der Waals surface area contributed by atoms with Crippen molar-refractivity contribution in [3.05, 3.63) is 17.7 Å². The molecule has 0 bridgehead atoms. The second-order valence-electron chi connectivity index (χ2n) is 2.29. The highest BCUT2D eigenvalue weighted by molar-refractivity contribution is 9.08. The number of hydrogen-bond acceptors (Lipinski definition) is 3. The summed E-state index contributed by atoms with van der Waals surface area (Å²) in [7, 11) is 1.51. The van der Waals surface area contributed by atoms with Crippen molar-refractivity contribution in [2.45, 2.75) is 5.33 Å². The van der Waals surface area contributed by atoms with Gasteiger partial charge in [-0.05, 0) is 6.07 Å². The van der Waals surface area contributed by atoms with Gasteiger partial charge in [0.15, 0.2) is 11.5 Å². The van der Waals surface area contributed by atoms with Crippen molar-refractivity contribution in [1.29, 1.82) is 0 Å². The number of phenols is 2. The third-order valence-electron chi connectivity index (χ3n) is 1.52. The Labute approximate surface area is 78.7 Å². The van der Waals surface area contributed by atoms with Gasteiger partial charge >= 0.3 is 0 Å². The Morgan fingerprint density at radius 3 is 2.42 bits per heavy atom. The Morgan fingerprint density at radius 1 is 1.33 bits per heavy atom. The predicted molar refractivity (Wildman–Crippen MR) is 49.0 cm³/mol. The summed E-state index contributed by atoms with van der Waals surface area (Å²) in [6.07, 6.45) is 0. The summed E-state index contributed by atoms with van der Waals surface area (Å²) >= 11 is 3.24. The van der Waals surface area contributed by atoms with Gasteiger partial charge in [0.25, 0.3) is 0 Å². The number of hydrogen-bond donors (Lipinski definition) is 2. The molecule has 0 unspecified atom stereocenters. The standard InChI is InChI=1S/C8H9BrO3/c1-12-8-3-7(11)6(10)2-5(8)4-9/h2-3,10-11H,4H2,1H3. The first-order valence-corrected chi connectivity index (χ1v) is 4.46. The molecule has 0 aliphatic carbocycles. The quantitative estimate of drug-likeness (QED) is 0.606. The molecule has 12 heavy (non-hydrogen) atoms. The maximum atomic E-state index is 9.12. The molecular weight excluding hydrogens is 224 g/mol. The summed E-state index contributed by atoms with van der Waals surface area (Å²) in [5.41, 5.74) is 0.799. The van der Waals surface area contributed by atoms with Crippen LogP contribution >= 0.6 is 15.9 Å². The normalized spacial score (nSPS) is 9.83. The monoisotopic (exact) mass is 232 g/mol. The Balaban J connectivity index is 3.19. The molecule has 0 saturated carbocycles. The summed E-state index contributed by atoms with van der Waals surface area (Å²) in [5, 5.41) is 18.8. The Bertz CT molecular complexity index is 257. The fourth-order valence-corrected chi connectivity index (χ4v) is 1.33. The average molecular weight is 233 g/mol. The van der Waals surface area contributed by atoms with Gasteiger partial charge in [-0.25, -0.2) is 0 Å². The van der Waals surface area contributed by atoms with Crippen LogP contribution in [0.5, 0.6) is 17.2 Å². The first-order valence-electron chi connectivity index (χ1n) is 3.34. The topological polar surface area (TPSA) is 49.7 Å². The Morgan fingerprint density at radius 2 is 1.92 bits per heavy atom. The van der Waals surface area contributed by atoms with E-state index in [0.29, 0.717) is 11.1 Å². The number of alkyl halides is 1. The van der Waals surface area contributed by atoms with Crippen molar-refractivity contribution < 1.29 is 14.9 Å². The molecule has 0 atom stereocenters. The summed E-state index contributed by atoms with van der Waals surface area (Å²) in [6, 6.07) is 2.84. The van der Waals surface area contributed by atoms with Crippen molar-refractivity contribution in [1.82, 2.24) is 0 Å². The summed E-state index contributed by atoms with van der Waals surface area (Å²) in [6.45, 7) is 0. The maximum absolute atomic E-state index is 9.12. The van der Waals surface area contributed by atoms with Crippen LogP contribution in [0.25, 0.3) is 0 Å². The molecule has 0 heterocycles. The van der Waals surface area contributed by atoms with Crippen LogP contribution in [0.15, 0.2) is 12.1 Å². The number of benzene rings is 1. The van der Waals surface area contributed by atoms with Crippen LogP contribution in [-0.4, -0.2) is 17.3 Å². The van der Waals surface area contributed by atoms with Crippen LogP contribution in [0.4, 0.5) is 0 Å². The van der Waals surface area contributed by atoms with E-state index in [9.17, 15) is 0 Å². The summed E-state index contributed by atoms with van der Waals surface area (Å²) in [5.74, 6) is 0.254. The molecule has 0 aromatic heterocycles. The minimum Gasteiger partial charge on any atom is -0.504 e. The zero-order valence-electron chi connectivity index (χ0n) is 6.54. The molecule has 0 saturated heterocycles. The van der Waals surface area contributed by atoms with E-state index in [2.05, 4.69) is 15.9 Å². The lowest BCUT2D eigenvalue weighted by molar-refractivity contribution is 0.384. The minimum absolute atomic E-state index is 0.134. The molecule has 0 fully saturated rings. The molecule has 3 nitrogen and oxygen atoms in total. The lowest BCUT2D eigenvalue weighted by Gasteiger charge is -2.07. The number of methoxy groups -OCH3 is 1. The van der Waals surface area contributed by atoms with Crippen molar-refractivity contribution in [2.24, 2.45) is 0 Å². The maximum Gasteiger partial charge on any atom is 0.161 e. The number of ether oxygens (including phenoxy) is 1. The number of aromatic hydroxyl groups is 2. The molecule has 1 rings (SSSR count). The van der Waals surface area contributed by atoms with Gasteiger partial charge in [0.05, 0.1) is 7.11 Å². The van der Waals surface area contributed by atoms with Crippen LogP contribution < -0.4 is 4.74 Å². The van der Waals surface area contributed by atoms with Crippen LogP contribution in [0.3, 0.4) is 0 Å². The molecule has 1 aromatic carbocycles. The fraction of sp³-hybridized carbons (Fsp3) is 0.250. The van der Waals surface area contributed by atoms with E-state index in [1.165, 1.54) is 19.2 Å². The van der Waals surface area contributed by atoms with Gasteiger partial charge in [0, 0.05) is 17.0 Å². The predicted octanol–water partition coefficient (Wildman–Crippen LogP) is 2.00. The zero-order valence-corrected chi connectivity index (χ0v) is 8.13. The molecule has 0 spiro atoms. The molecular formula is C8H9BrO3. The first-order chi connectivity index (χ1) is 5.69. The molecule has 0 aliphatic heterocycles. The van der Waals surface area contributed by atoms with Crippen LogP contribution in [-0.2, 0) is 5.33 Å². The lowest BCUT2D eigenvalue weighted by Crippen LogP contribution is -1.88. The van der Waals surface area contributed by atoms with Crippen molar-refractivity contribution in [3.8, 4) is 17.2 Å². The SMILES string of the molecule is COc1cc(O)c(O)cc1CBr. The van der Waals surface area contributed by atoms with E-state index in [1.54, 1.807) is 0 Å². The van der Waals surface area contributed by atoms with Crippen molar-refractivity contribution in [3.63, 3.8) is 0 Å². The van der Waals surface area contributed by atoms with Crippen LogP contribution in [0.1, 0.15) is 5.56 Å². The number of phenolic OH excluding ortho intramolecular Hbond substituents is 2. The fourth-order valence-electron chi connectivity index (χ4n) is 0.895. The number of rotatable bonds is 2. The average Bonchev–Trinajstić information content (AvgIpc) is 2.09. The second-order valence-corrected chi connectivity index (χ2v) is 2.85. The molecule has 4 heteroatoms. The van der Waals surface area contributed by atoms with Gasteiger partial charge in [0.2, 0.25) is 0 Å². The van der Waals surface area contributed by atoms with E-state index in [-0.39, 0.29) is 11.5 Å². The highest BCUT2D eigenvalue weighted by atomic mass is 79.9. The summed E-state index contributed by atoms with van der Waals surface area (Å²) < 4.78 is 4.97. The first kappa shape index (κ1) is 9.19. The highest BCUT2D eigenvalue weighted by Gasteiger charge is 2.07. The minimum atomic E-state index is -0.170. The Kier molecular flexibility index (Phi) is 2.81. The summed E-state index contributed by atoms with van der Waals surface area (Å²) in [4.78, 5) is 0. The van der Waals surface area contributed by atoms with Crippen LogP contribution in [0, 0.1) is 0 Å². The molecule has 0 radical (unpaired) electrons. The third kappa shape index (κ3) is 1.64. The van der Waals surface area contributed by atoms with E-state index in [1.807, 2.05) is 0 Å². The van der Waals surface area contributed by atoms with Crippen molar-refractivity contribution >= 4 is 15.9 Å². The van der Waals surface area contributed by atoms with Crippen LogP contribution in [0.2, 0.25) is 0 Å². The van der Waals surface area contributed by atoms with Crippen molar-refractivity contribution in [2.75, 3.05) is 7.11 Å². The van der Waals surface area contributed by atoms with Gasteiger partial charge in [0.1, 0.15) is 5.75 Å². The molecule has 1 aromatic rings. The smallest absolute Gasteiger partial charge is 0.161 e. The van der Waals surface area contributed by atoms with E-state index < -0.39 is 0 Å². The molecule has 0 amide bonds. The van der Waals surface area contributed by atoms with E-state index in [0.717, 1.165) is 5.56 Å². The van der Waals surface area contributed by atoms with Gasteiger partial charge in [-0.3, -0.25) is 0 Å². The molecule has 66 valence electrons. The zero-order chi connectivity index (χ0) is 9.14. The van der Waals surface area contributed by atoms with Gasteiger partial charge < -0.3 is 14.9 Å². The Hall–Kier alpha value is -0.900. The van der Waals surface area contributed by atoms with Gasteiger partial charge in [-0.15, -0.1) is 0 Å². The van der Waals surface area contributed by atoms with Gasteiger partial charge in [-0.2, -0.15) is 0 Å². The van der Waals surface area contributed by atoms with Gasteiger partial charge in [-0.1, -0.05) is 15.9 Å². The second kappa shape index (κ2) is 3.67. The highest BCUT2D eigenvalue weighted by Crippen LogP contribution is 2.33. The lowest BCUT2D eigenvalue weighted by atomic mass is 10.2. The third-order valence-corrected chi connectivity index (χ3v) is 2.13. The number of halogens is 1. The largest absolute Gasteiger partial charge is 0.504 e. The van der Waals surface area contributed by atoms with E-state index in [4.69, 9.17) is 14.9 Å². The van der Waals surface area contributed by atoms with E-state index >= 15 is 0 Å².